The number of hydrogen-bond donors (Lipinski definition) is 1. The van der Waals surface area contributed by atoms with Gasteiger partial charge >= 0.3 is 0 Å². The molecule has 30 heavy (non-hydrogen) atoms. The summed E-state index contributed by atoms with van der Waals surface area (Å²) in [6, 6.07) is 6.01. The molecule has 0 saturated carbocycles. The van der Waals surface area contributed by atoms with Gasteiger partial charge < -0.3 is 10.1 Å². The molecule has 1 N–H and O–H groups in total. The van der Waals surface area contributed by atoms with Gasteiger partial charge in [0.15, 0.2) is 5.76 Å². The Kier molecular flexibility index (Phi) is 7.33. The van der Waals surface area contributed by atoms with Gasteiger partial charge in [-0.3, -0.25) is 9.69 Å². The van der Waals surface area contributed by atoms with Crippen molar-refractivity contribution >= 4 is 5.91 Å². The summed E-state index contributed by atoms with van der Waals surface area (Å²) in [5.74, 6) is 0.575. The van der Waals surface area contributed by atoms with Gasteiger partial charge in [0.25, 0.3) is 5.91 Å². The molecule has 0 bridgehead atoms. The maximum absolute atomic E-state index is 13.3. The van der Waals surface area contributed by atoms with Gasteiger partial charge in [0.05, 0.1) is 6.61 Å². The van der Waals surface area contributed by atoms with Crippen LogP contribution in [0.4, 0.5) is 4.39 Å². The molecule has 0 aromatic heterocycles. The molecule has 5 heteroatoms. The van der Waals surface area contributed by atoms with Crippen molar-refractivity contribution in [3.05, 3.63) is 69.6 Å². The lowest BCUT2D eigenvalue weighted by molar-refractivity contribution is 0.0697. The fraction of sp³-hybridized carbons (Fsp3) is 0.480. The quantitative estimate of drug-likeness (QED) is 0.478. The molecule has 1 aliphatic carbocycles. The van der Waals surface area contributed by atoms with Crippen molar-refractivity contribution in [2.24, 2.45) is 5.92 Å². The summed E-state index contributed by atoms with van der Waals surface area (Å²) >= 11 is 0. The SMILES string of the molecule is CCCCOC1=C=C=C(C(C)N2CC(CNC(=O)c3cccc(F)c3)C2)C(C)=C1C. The Labute approximate surface area is 178 Å². The third-order valence-electron chi connectivity index (χ3n) is 5.95. The molecule has 1 atom stereocenters. The number of amides is 1. The van der Waals surface area contributed by atoms with Crippen LogP contribution in [-0.2, 0) is 4.74 Å². The van der Waals surface area contributed by atoms with E-state index in [1.54, 1.807) is 12.1 Å². The van der Waals surface area contributed by atoms with Gasteiger partial charge in [-0.1, -0.05) is 25.1 Å². The molecule has 1 aromatic carbocycles. The van der Waals surface area contributed by atoms with Crippen LogP contribution in [0.2, 0.25) is 0 Å². The summed E-state index contributed by atoms with van der Waals surface area (Å²) in [5, 5.41) is 2.92. The Morgan fingerprint density at radius 2 is 2.07 bits per heavy atom. The van der Waals surface area contributed by atoms with Crippen LogP contribution in [0.15, 0.2) is 58.2 Å². The average Bonchev–Trinajstić information content (AvgIpc) is 2.69. The number of rotatable bonds is 9. The highest BCUT2D eigenvalue weighted by Gasteiger charge is 2.33. The Bertz CT molecular complexity index is 930. The molecular formula is C25H31FN2O2. The first kappa shape index (κ1) is 22.1. The van der Waals surface area contributed by atoms with E-state index in [-0.39, 0.29) is 11.9 Å². The van der Waals surface area contributed by atoms with Crippen molar-refractivity contribution < 1.29 is 13.9 Å². The van der Waals surface area contributed by atoms with E-state index in [9.17, 15) is 9.18 Å². The van der Waals surface area contributed by atoms with E-state index in [4.69, 9.17) is 4.74 Å². The molecule has 2 aliphatic rings. The Hall–Kier alpha value is -2.58. The number of ether oxygens (including phenoxy) is 1. The summed E-state index contributed by atoms with van der Waals surface area (Å²) < 4.78 is 19.1. The second kappa shape index (κ2) is 9.95. The molecule has 0 spiro atoms. The van der Waals surface area contributed by atoms with Crippen LogP contribution in [0.5, 0.6) is 0 Å². The second-order valence-electron chi connectivity index (χ2n) is 8.16. The Balaban J connectivity index is 1.53. The summed E-state index contributed by atoms with van der Waals surface area (Å²) in [7, 11) is 0. The molecule has 1 unspecified atom stereocenters. The molecular weight excluding hydrogens is 379 g/mol. The molecule has 1 heterocycles. The van der Waals surface area contributed by atoms with E-state index in [0.717, 1.165) is 42.8 Å². The average molecular weight is 411 g/mol. The van der Waals surface area contributed by atoms with Crippen LogP contribution in [0, 0.1) is 11.7 Å². The fourth-order valence-corrected chi connectivity index (χ4v) is 3.77. The standard InChI is InChI=1S/C25H31FN2O2/c1-5-6-12-30-24-11-10-23(17(2)18(24)3)19(4)28-15-20(16-28)14-27-25(29)21-8-7-9-22(26)13-21/h7-9,13,19-20H,5-6,12,14-16H2,1-4H3,(H,27,29). The number of unbranched alkanes of at least 4 members (excludes halogenated alkanes) is 1. The van der Waals surface area contributed by atoms with E-state index in [1.807, 2.05) is 0 Å². The lowest BCUT2D eigenvalue weighted by Gasteiger charge is -2.44. The number of likely N-dealkylation sites (tertiary alicyclic amines) is 1. The van der Waals surface area contributed by atoms with Crippen LogP contribution in [0.25, 0.3) is 0 Å². The number of hydrogen-bond acceptors (Lipinski definition) is 3. The number of nitrogens with zero attached hydrogens (tertiary/aromatic N) is 1. The summed E-state index contributed by atoms with van der Waals surface area (Å²) in [6.07, 6.45) is 2.14. The summed E-state index contributed by atoms with van der Waals surface area (Å²) in [5.41, 5.74) is 10.4. The van der Waals surface area contributed by atoms with E-state index < -0.39 is 5.82 Å². The van der Waals surface area contributed by atoms with E-state index >= 15 is 0 Å². The minimum absolute atomic E-state index is 0.228. The van der Waals surface area contributed by atoms with Gasteiger partial charge in [0.2, 0.25) is 0 Å². The normalized spacial score (nSPS) is 17.9. The van der Waals surface area contributed by atoms with Crippen LogP contribution in [-0.4, -0.2) is 43.1 Å². The molecule has 1 aliphatic heterocycles. The van der Waals surface area contributed by atoms with Crippen molar-refractivity contribution in [1.82, 2.24) is 10.2 Å². The molecule has 1 amide bonds. The van der Waals surface area contributed by atoms with Gasteiger partial charge in [-0.25, -0.2) is 4.39 Å². The molecule has 160 valence electrons. The van der Waals surface area contributed by atoms with E-state index in [0.29, 0.717) is 24.6 Å². The minimum Gasteiger partial charge on any atom is -0.485 e. The zero-order valence-electron chi connectivity index (χ0n) is 18.3. The van der Waals surface area contributed by atoms with Crippen molar-refractivity contribution in [2.75, 3.05) is 26.2 Å². The first-order chi connectivity index (χ1) is 14.4. The highest BCUT2D eigenvalue weighted by Crippen LogP contribution is 2.30. The van der Waals surface area contributed by atoms with Crippen molar-refractivity contribution in [1.29, 1.82) is 0 Å². The first-order valence-corrected chi connectivity index (χ1v) is 10.7. The third-order valence-corrected chi connectivity index (χ3v) is 5.95. The smallest absolute Gasteiger partial charge is 0.251 e. The van der Waals surface area contributed by atoms with Gasteiger partial charge in [-0.05, 0) is 56.7 Å². The maximum Gasteiger partial charge on any atom is 0.251 e. The van der Waals surface area contributed by atoms with Gasteiger partial charge in [0, 0.05) is 48.3 Å². The van der Waals surface area contributed by atoms with Crippen molar-refractivity contribution in [2.45, 2.75) is 46.6 Å². The summed E-state index contributed by atoms with van der Waals surface area (Å²) in [6.45, 7) is 11.7. The topological polar surface area (TPSA) is 41.6 Å². The second-order valence-corrected chi connectivity index (χ2v) is 8.16. The number of benzene rings is 1. The van der Waals surface area contributed by atoms with Crippen LogP contribution < -0.4 is 5.32 Å². The molecule has 4 nitrogen and oxygen atoms in total. The Morgan fingerprint density at radius 1 is 1.30 bits per heavy atom. The van der Waals surface area contributed by atoms with Crippen molar-refractivity contribution in [3.63, 3.8) is 0 Å². The van der Waals surface area contributed by atoms with Gasteiger partial charge in [-0.15, -0.1) is 0 Å². The fourth-order valence-electron chi connectivity index (χ4n) is 3.77. The Morgan fingerprint density at radius 3 is 2.77 bits per heavy atom. The number of carbonyl (C=O) groups excluding carboxylic acids is 1. The number of carbonyl (C=O) groups is 1. The zero-order valence-corrected chi connectivity index (χ0v) is 18.3. The molecule has 0 radical (unpaired) electrons. The molecule has 1 fully saturated rings. The number of allylic oxidation sites excluding steroid dienone is 1. The van der Waals surface area contributed by atoms with Crippen LogP contribution in [0.3, 0.4) is 0 Å². The third kappa shape index (κ3) is 5.12. The highest BCUT2D eigenvalue weighted by atomic mass is 19.1. The highest BCUT2D eigenvalue weighted by molar-refractivity contribution is 5.94. The van der Waals surface area contributed by atoms with E-state index in [1.165, 1.54) is 17.7 Å². The zero-order chi connectivity index (χ0) is 21.7. The first-order valence-electron chi connectivity index (χ1n) is 10.7. The lowest BCUT2D eigenvalue weighted by Crippen LogP contribution is -2.55. The monoisotopic (exact) mass is 410 g/mol. The lowest BCUT2D eigenvalue weighted by atomic mass is 9.89. The van der Waals surface area contributed by atoms with Crippen molar-refractivity contribution in [3.8, 4) is 0 Å². The summed E-state index contributed by atoms with van der Waals surface area (Å²) in [4.78, 5) is 14.6. The number of nitrogens with one attached hydrogen (secondary N) is 1. The maximum atomic E-state index is 13.3. The van der Waals surface area contributed by atoms with Crippen LogP contribution in [0.1, 0.15) is 50.9 Å². The van der Waals surface area contributed by atoms with Gasteiger partial charge in [-0.2, -0.15) is 0 Å². The minimum atomic E-state index is -0.396. The van der Waals surface area contributed by atoms with Crippen LogP contribution >= 0.6 is 0 Å². The molecule has 1 saturated heterocycles. The number of halogens is 1. The van der Waals surface area contributed by atoms with E-state index in [2.05, 4.69) is 49.4 Å². The largest absolute Gasteiger partial charge is 0.485 e. The molecule has 1 aromatic rings. The predicted octanol–water partition coefficient (Wildman–Crippen LogP) is 4.61. The van der Waals surface area contributed by atoms with Gasteiger partial charge in [0.1, 0.15) is 5.82 Å². The predicted molar refractivity (Wildman–Crippen MR) is 117 cm³/mol. The molecule has 3 rings (SSSR count).